The minimum absolute atomic E-state index is 0.0196. The Balaban J connectivity index is 1.93. The van der Waals surface area contributed by atoms with Crippen molar-refractivity contribution in [1.82, 2.24) is 4.98 Å². The molecule has 1 aromatic carbocycles. The van der Waals surface area contributed by atoms with Crippen molar-refractivity contribution in [3.63, 3.8) is 0 Å². The van der Waals surface area contributed by atoms with Gasteiger partial charge >= 0.3 is 0 Å². The summed E-state index contributed by atoms with van der Waals surface area (Å²) >= 11 is 13.3. The molecule has 0 radical (unpaired) electrons. The lowest BCUT2D eigenvalue weighted by Crippen LogP contribution is -2.10. The molecule has 0 saturated heterocycles. The van der Waals surface area contributed by atoms with Crippen LogP contribution < -0.4 is 5.32 Å². The van der Waals surface area contributed by atoms with Crippen molar-refractivity contribution < 1.29 is 4.79 Å². The van der Waals surface area contributed by atoms with E-state index in [1.165, 1.54) is 24.2 Å². The molecule has 0 unspecified atom stereocenters. The Morgan fingerprint density at radius 3 is 2.77 bits per heavy atom. The Labute approximate surface area is 144 Å². The van der Waals surface area contributed by atoms with Crippen LogP contribution in [0.2, 0.25) is 10.0 Å². The van der Waals surface area contributed by atoms with E-state index in [9.17, 15) is 4.79 Å². The number of amides is 1. The van der Waals surface area contributed by atoms with Gasteiger partial charge in [-0.25, -0.2) is 4.98 Å². The molecule has 2 aromatic rings. The maximum absolute atomic E-state index is 11.8. The Morgan fingerprint density at radius 2 is 2.05 bits per heavy atom. The van der Waals surface area contributed by atoms with Gasteiger partial charge in [-0.05, 0) is 18.6 Å². The van der Waals surface area contributed by atoms with E-state index >= 15 is 0 Å². The highest BCUT2D eigenvalue weighted by atomic mass is 35.5. The second-order valence-corrected chi connectivity index (χ2v) is 6.70. The third-order valence-electron chi connectivity index (χ3n) is 3.22. The van der Waals surface area contributed by atoms with Crippen LogP contribution in [0.25, 0.3) is 11.3 Å². The molecule has 3 nitrogen and oxygen atoms in total. The van der Waals surface area contributed by atoms with E-state index in [1.54, 1.807) is 12.1 Å². The molecule has 0 aliphatic carbocycles. The molecule has 1 N–H and O–H groups in total. The molecule has 1 amide bonds. The van der Waals surface area contributed by atoms with E-state index in [2.05, 4.69) is 17.2 Å². The van der Waals surface area contributed by atoms with Gasteiger partial charge in [0, 0.05) is 17.4 Å². The van der Waals surface area contributed by atoms with E-state index in [0.717, 1.165) is 24.1 Å². The van der Waals surface area contributed by atoms with Gasteiger partial charge in [-0.2, -0.15) is 0 Å². The van der Waals surface area contributed by atoms with Crippen LogP contribution in [0.15, 0.2) is 23.6 Å². The van der Waals surface area contributed by atoms with Crippen LogP contribution in [-0.4, -0.2) is 10.9 Å². The number of aromatic nitrogens is 1. The van der Waals surface area contributed by atoms with Gasteiger partial charge in [-0.3, -0.25) is 4.79 Å². The second kappa shape index (κ2) is 8.51. The molecule has 22 heavy (non-hydrogen) atoms. The first-order chi connectivity index (χ1) is 10.6. The first-order valence-corrected chi connectivity index (χ1v) is 8.94. The minimum Gasteiger partial charge on any atom is -0.302 e. The van der Waals surface area contributed by atoms with Crippen molar-refractivity contribution in [1.29, 1.82) is 0 Å². The van der Waals surface area contributed by atoms with E-state index in [0.29, 0.717) is 21.6 Å². The van der Waals surface area contributed by atoms with Crippen LogP contribution in [0.3, 0.4) is 0 Å². The summed E-state index contributed by atoms with van der Waals surface area (Å²) in [6.45, 7) is 2.15. The van der Waals surface area contributed by atoms with Gasteiger partial charge in [0.25, 0.3) is 0 Å². The van der Waals surface area contributed by atoms with Crippen molar-refractivity contribution in [3.8, 4) is 11.3 Å². The molecule has 0 spiro atoms. The second-order valence-electron chi connectivity index (χ2n) is 5.03. The zero-order valence-corrected chi connectivity index (χ0v) is 14.7. The van der Waals surface area contributed by atoms with Gasteiger partial charge in [0.2, 0.25) is 5.91 Å². The van der Waals surface area contributed by atoms with Crippen LogP contribution in [0.5, 0.6) is 0 Å². The summed E-state index contributed by atoms with van der Waals surface area (Å²) in [7, 11) is 0. The Bertz CT molecular complexity index is 643. The first kappa shape index (κ1) is 17.3. The zero-order valence-electron chi connectivity index (χ0n) is 12.4. The molecule has 0 aliphatic rings. The Hall–Kier alpha value is -1.10. The summed E-state index contributed by atoms with van der Waals surface area (Å²) in [5, 5.41) is 6.36. The number of rotatable bonds is 7. The first-order valence-electron chi connectivity index (χ1n) is 7.31. The van der Waals surface area contributed by atoms with Gasteiger partial charge in [-0.15, -0.1) is 11.3 Å². The molecular weight excluding hydrogens is 339 g/mol. The fraction of sp³-hybridized carbons (Fsp3) is 0.375. The summed E-state index contributed by atoms with van der Waals surface area (Å²) in [5.74, 6) is 0.0196. The van der Waals surface area contributed by atoms with Crippen LogP contribution >= 0.6 is 34.5 Å². The van der Waals surface area contributed by atoms with Crippen molar-refractivity contribution in [2.75, 3.05) is 5.32 Å². The number of nitrogens with one attached hydrogen (secondary N) is 1. The molecule has 2 rings (SSSR count). The number of carbonyl (C=O) groups excluding carboxylic acids is 1. The lowest BCUT2D eigenvalue weighted by molar-refractivity contribution is -0.116. The van der Waals surface area contributed by atoms with E-state index in [1.807, 2.05) is 11.4 Å². The SMILES string of the molecule is CCCCCCC(=O)Nc1nc(-c2ccc(Cl)c(Cl)c2)cs1. The van der Waals surface area contributed by atoms with Gasteiger partial charge in [0.15, 0.2) is 5.13 Å². The van der Waals surface area contributed by atoms with Crippen LogP contribution in [-0.2, 0) is 4.79 Å². The Morgan fingerprint density at radius 1 is 1.23 bits per heavy atom. The largest absolute Gasteiger partial charge is 0.302 e. The summed E-state index contributed by atoms with van der Waals surface area (Å²) < 4.78 is 0. The van der Waals surface area contributed by atoms with Crippen molar-refractivity contribution in [3.05, 3.63) is 33.6 Å². The summed E-state index contributed by atoms with van der Waals surface area (Å²) in [6.07, 6.45) is 4.90. The third kappa shape index (κ3) is 4.97. The standard InChI is InChI=1S/C16H18Cl2N2OS/c1-2-3-4-5-6-15(21)20-16-19-14(10-22-16)11-7-8-12(17)13(18)9-11/h7-10H,2-6H2,1H3,(H,19,20,21). The molecule has 0 bridgehead atoms. The number of hydrogen-bond acceptors (Lipinski definition) is 3. The number of hydrogen-bond donors (Lipinski definition) is 1. The van der Waals surface area contributed by atoms with Crippen LogP contribution in [0.4, 0.5) is 5.13 Å². The maximum Gasteiger partial charge on any atom is 0.226 e. The number of carbonyl (C=O) groups is 1. The van der Waals surface area contributed by atoms with Gasteiger partial charge in [-0.1, -0.05) is 55.5 Å². The van der Waals surface area contributed by atoms with Crippen molar-refractivity contribution >= 4 is 45.6 Å². The number of anilines is 1. The molecule has 0 aliphatic heterocycles. The summed E-state index contributed by atoms with van der Waals surface area (Å²) in [5.41, 5.74) is 1.67. The monoisotopic (exact) mass is 356 g/mol. The highest BCUT2D eigenvalue weighted by molar-refractivity contribution is 7.14. The predicted molar refractivity (Wildman–Crippen MR) is 95.0 cm³/mol. The van der Waals surface area contributed by atoms with Crippen molar-refractivity contribution in [2.24, 2.45) is 0 Å². The highest BCUT2D eigenvalue weighted by Gasteiger charge is 2.09. The van der Waals surface area contributed by atoms with Gasteiger partial charge < -0.3 is 5.32 Å². The van der Waals surface area contributed by atoms with Crippen molar-refractivity contribution in [2.45, 2.75) is 39.0 Å². The molecule has 0 fully saturated rings. The van der Waals surface area contributed by atoms with Crippen LogP contribution in [0.1, 0.15) is 39.0 Å². The number of unbranched alkanes of at least 4 members (excludes halogenated alkanes) is 3. The lowest BCUT2D eigenvalue weighted by Gasteiger charge is -2.02. The summed E-state index contributed by atoms with van der Waals surface area (Å²) in [4.78, 5) is 16.3. The predicted octanol–water partition coefficient (Wildman–Crippen LogP) is 6.03. The number of benzene rings is 1. The van der Waals surface area contributed by atoms with Crippen LogP contribution in [0, 0.1) is 0 Å². The number of halogens is 2. The average Bonchev–Trinajstić information content (AvgIpc) is 2.95. The average molecular weight is 357 g/mol. The van der Waals surface area contributed by atoms with Gasteiger partial charge in [0.05, 0.1) is 15.7 Å². The maximum atomic E-state index is 11.8. The molecule has 6 heteroatoms. The molecule has 1 heterocycles. The topological polar surface area (TPSA) is 42.0 Å². The Kier molecular flexibility index (Phi) is 6.68. The van der Waals surface area contributed by atoms with E-state index in [4.69, 9.17) is 23.2 Å². The molecular formula is C16H18Cl2N2OS. The number of nitrogens with zero attached hydrogens (tertiary/aromatic N) is 1. The van der Waals surface area contributed by atoms with E-state index < -0.39 is 0 Å². The molecule has 0 atom stereocenters. The summed E-state index contributed by atoms with van der Waals surface area (Å²) in [6, 6.07) is 5.37. The third-order valence-corrected chi connectivity index (χ3v) is 4.72. The quantitative estimate of drug-likeness (QED) is 0.615. The fourth-order valence-electron chi connectivity index (χ4n) is 2.01. The lowest BCUT2D eigenvalue weighted by atomic mass is 10.1. The smallest absolute Gasteiger partial charge is 0.226 e. The molecule has 118 valence electrons. The number of thiazole rings is 1. The van der Waals surface area contributed by atoms with E-state index in [-0.39, 0.29) is 5.91 Å². The van der Waals surface area contributed by atoms with Gasteiger partial charge in [0.1, 0.15) is 0 Å². The zero-order chi connectivity index (χ0) is 15.9. The fourth-order valence-corrected chi connectivity index (χ4v) is 3.05. The molecule has 1 aromatic heterocycles. The highest BCUT2D eigenvalue weighted by Crippen LogP contribution is 2.30. The normalized spacial score (nSPS) is 10.7. The minimum atomic E-state index is 0.0196. The molecule has 0 saturated carbocycles.